The lowest BCUT2D eigenvalue weighted by Gasteiger charge is -2.29. The first-order chi connectivity index (χ1) is 37.7. The van der Waals surface area contributed by atoms with E-state index in [0.29, 0.717) is 0 Å². The lowest BCUT2D eigenvalue weighted by atomic mass is 9.74. The van der Waals surface area contributed by atoms with Gasteiger partial charge in [-0.1, -0.05) is 209 Å². The zero-order valence-electron chi connectivity index (χ0n) is 44.4. The number of nitrogens with zero attached hydrogens (tertiary/aromatic N) is 1. The van der Waals surface area contributed by atoms with Crippen LogP contribution >= 0.6 is 0 Å². The van der Waals surface area contributed by atoms with Crippen molar-refractivity contribution in [1.29, 1.82) is 0 Å². The zero-order valence-corrected chi connectivity index (χ0v) is 44.4. The number of para-hydroxylation sites is 1. The molecule has 1 heteroatoms. The molecule has 2 fully saturated rings. The van der Waals surface area contributed by atoms with Crippen LogP contribution in [0.4, 0.5) is 0 Å². The molecular formula is C76H61N. The summed E-state index contributed by atoms with van der Waals surface area (Å²) in [7, 11) is 0. The Hall–Kier alpha value is -8.26. The fourth-order valence-corrected chi connectivity index (χ4v) is 15.6. The maximum Gasteiger partial charge on any atom is 0.0541 e. The number of rotatable bonds is 6. The van der Waals surface area contributed by atoms with Gasteiger partial charge in [0.15, 0.2) is 0 Å². The van der Waals surface area contributed by atoms with Gasteiger partial charge >= 0.3 is 0 Å². The topological polar surface area (TPSA) is 4.93 Å². The lowest BCUT2D eigenvalue weighted by molar-refractivity contribution is 0.544. The molecule has 0 aliphatic heterocycles. The van der Waals surface area contributed by atoms with E-state index in [1.807, 2.05) is 0 Å². The molecule has 2 saturated carbocycles. The van der Waals surface area contributed by atoms with E-state index < -0.39 is 0 Å². The number of fused-ring (bicyclic) bond motifs is 16. The highest BCUT2D eigenvalue weighted by Crippen LogP contribution is 2.63. The molecule has 11 aromatic rings. The maximum absolute atomic E-state index is 2.69. The first-order valence-corrected chi connectivity index (χ1v) is 28.5. The van der Waals surface area contributed by atoms with Gasteiger partial charge in [-0.2, -0.15) is 0 Å². The minimum absolute atomic E-state index is 0.0547. The summed E-state index contributed by atoms with van der Waals surface area (Å²) in [4.78, 5) is 0. The predicted molar refractivity (Wildman–Crippen MR) is 324 cm³/mol. The smallest absolute Gasteiger partial charge is 0.0541 e. The maximum atomic E-state index is 2.69. The Bertz CT molecular complexity index is 4270. The Balaban J connectivity index is 0.662. The highest BCUT2D eigenvalue weighted by atomic mass is 15.0. The van der Waals surface area contributed by atoms with Gasteiger partial charge in [-0.15, -0.1) is 0 Å². The van der Waals surface area contributed by atoms with Gasteiger partial charge in [0, 0.05) is 32.7 Å². The normalized spacial score (nSPS) is 16.6. The SMILES string of the molecule is Cc1ccc(-c2ccc3c(c2)C2(CCCC2)c2cc4c(cc2-3)C2(CCCC2)c2cc(-c3ccc(C=Cc5ccc(-c6ccc7c(c6)c6ccccc6n7-c6ccc7c(c6)C(C)(C)c6ccccc6-7)cc5)cc3)ccc2-4)cc1. The average molecular weight is 988 g/mol. The zero-order chi connectivity index (χ0) is 51.2. The van der Waals surface area contributed by atoms with Gasteiger partial charge in [0.1, 0.15) is 0 Å². The van der Waals surface area contributed by atoms with Crippen molar-refractivity contribution in [2.24, 2.45) is 0 Å². The van der Waals surface area contributed by atoms with Crippen LogP contribution < -0.4 is 0 Å². The number of aromatic nitrogens is 1. The van der Waals surface area contributed by atoms with Crippen LogP contribution in [0.15, 0.2) is 206 Å². The largest absolute Gasteiger partial charge is 0.309 e. The summed E-state index contributed by atoms with van der Waals surface area (Å²) < 4.78 is 2.46. The molecule has 0 radical (unpaired) electrons. The third-order valence-corrected chi connectivity index (χ3v) is 19.6. The average Bonchev–Trinajstić information content (AvgIpc) is 4.35. The van der Waals surface area contributed by atoms with Crippen molar-refractivity contribution in [3.05, 3.63) is 256 Å². The summed E-state index contributed by atoms with van der Waals surface area (Å²) >= 11 is 0. The molecule has 0 bridgehead atoms. The summed E-state index contributed by atoms with van der Waals surface area (Å²) in [6, 6.07) is 79.5. The number of hydrogen-bond donors (Lipinski definition) is 0. The molecule has 5 aliphatic rings. The molecule has 0 saturated heterocycles. The number of hydrogen-bond acceptors (Lipinski definition) is 0. The molecule has 77 heavy (non-hydrogen) atoms. The van der Waals surface area contributed by atoms with Crippen molar-refractivity contribution in [2.75, 3.05) is 0 Å². The van der Waals surface area contributed by atoms with E-state index in [0.717, 1.165) is 0 Å². The van der Waals surface area contributed by atoms with Crippen LogP contribution in [0.5, 0.6) is 0 Å². The van der Waals surface area contributed by atoms with Crippen molar-refractivity contribution < 1.29 is 0 Å². The standard InChI is InChI=1S/C76H61N/c1-48-16-24-51(25-17-48)55-30-34-60-63-46-71-64(47-70(63)75(68(60)43-55)38-8-9-39-75)61-35-31-56(44-69(61)76(71)40-10-11-41-76)53-28-22-50(23-29-53)19-18-49-20-26-52(27-21-49)54-32-37-73-65(42-54)62-13-5-7-15-72(62)77(73)57-33-36-59-58-12-4-6-14-66(58)74(2,3)67(59)45-57/h4-7,12-37,42-47H,8-11,38-41H2,1-3H3. The Morgan fingerprint density at radius 3 is 1.38 bits per heavy atom. The molecule has 370 valence electrons. The molecule has 10 aromatic carbocycles. The third-order valence-electron chi connectivity index (χ3n) is 19.6. The van der Waals surface area contributed by atoms with E-state index >= 15 is 0 Å². The number of benzene rings is 10. The Kier molecular flexibility index (Phi) is 9.71. The first-order valence-electron chi connectivity index (χ1n) is 28.5. The van der Waals surface area contributed by atoms with E-state index in [1.54, 1.807) is 22.3 Å². The molecule has 0 atom stereocenters. The van der Waals surface area contributed by atoms with Crippen molar-refractivity contribution in [3.63, 3.8) is 0 Å². The molecule has 2 spiro atoms. The van der Waals surface area contributed by atoms with Crippen LogP contribution in [0, 0.1) is 6.92 Å². The predicted octanol–water partition coefficient (Wildman–Crippen LogP) is 20.3. The van der Waals surface area contributed by atoms with E-state index in [1.165, 1.54) is 173 Å². The van der Waals surface area contributed by atoms with Gasteiger partial charge in [0.25, 0.3) is 0 Å². The van der Waals surface area contributed by atoms with Gasteiger partial charge in [-0.25, -0.2) is 0 Å². The highest BCUT2D eigenvalue weighted by molar-refractivity contribution is 6.10. The van der Waals surface area contributed by atoms with Crippen LogP contribution in [0.1, 0.15) is 115 Å². The molecule has 1 aromatic heterocycles. The van der Waals surface area contributed by atoms with Crippen LogP contribution in [0.2, 0.25) is 0 Å². The van der Waals surface area contributed by atoms with E-state index in [4.69, 9.17) is 0 Å². The van der Waals surface area contributed by atoms with Crippen molar-refractivity contribution >= 4 is 34.0 Å². The van der Waals surface area contributed by atoms with Gasteiger partial charge in [-0.05, 0) is 198 Å². The van der Waals surface area contributed by atoms with E-state index in [2.05, 4.69) is 244 Å². The summed E-state index contributed by atoms with van der Waals surface area (Å²) in [5.41, 5.74) is 33.0. The van der Waals surface area contributed by atoms with Crippen molar-refractivity contribution in [1.82, 2.24) is 4.57 Å². The van der Waals surface area contributed by atoms with Crippen LogP contribution in [0.25, 0.3) is 106 Å². The summed E-state index contributed by atoms with van der Waals surface area (Å²) in [6.45, 7) is 6.91. The van der Waals surface area contributed by atoms with E-state index in [-0.39, 0.29) is 16.2 Å². The Morgan fingerprint density at radius 1 is 0.338 bits per heavy atom. The molecule has 16 rings (SSSR count). The van der Waals surface area contributed by atoms with Gasteiger partial charge in [0.2, 0.25) is 0 Å². The minimum Gasteiger partial charge on any atom is -0.309 e. The third kappa shape index (κ3) is 6.59. The second kappa shape index (κ2) is 16.6. The molecule has 1 heterocycles. The molecule has 0 unspecified atom stereocenters. The number of aryl methyl sites for hydroxylation is 1. The monoisotopic (exact) mass is 987 g/mol. The molecule has 0 amide bonds. The summed E-state index contributed by atoms with van der Waals surface area (Å²) in [6.07, 6.45) is 14.6. The van der Waals surface area contributed by atoms with E-state index in [9.17, 15) is 0 Å². The molecular weight excluding hydrogens is 927 g/mol. The van der Waals surface area contributed by atoms with Crippen molar-refractivity contribution in [2.45, 2.75) is 88.4 Å². The molecule has 5 aliphatic carbocycles. The summed E-state index contributed by atoms with van der Waals surface area (Å²) in [5.74, 6) is 0. The van der Waals surface area contributed by atoms with Gasteiger partial charge < -0.3 is 4.57 Å². The fraction of sp³-hybridized carbons (Fsp3) is 0.184. The fourth-order valence-electron chi connectivity index (χ4n) is 15.6. The summed E-state index contributed by atoms with van der Waals surface area (Å²) in [5, 5.41) is 2.55. The van der Waals surface area contributed by atoms with Crippen LogP contribution in [0.3, 0.4) is 0 Å². The Morgan fingerprint density at radius 2 is 0.779 bits per heavy atom. The minimum atomic E-state index is -0.0547. The highest BCUT2D eigenvalue weighted by Gasteiger charge is 2.50. The van der Waals surface area contributed by atoms with Crippen molar-refractivity contribution in [3.8, 4) is 72.4 Å². The quantitative estimate of drug-likeness (QED) is 0.146. The first kappa shape index (κ1) is 45.0. The van der Waals surface area contributed by atoms with Gasteiger partial charge in [-0.3, -0.25) is 0 Å². The second-order valence-corrected chi connectivity index (χ2v) is 24.0. The van der Waals surface area contributed by atoms with Crippen LogP contribution in [-0.2, 0) is 16.2 Å². The molecule has 1 nitrogen and oxygen atoms in total. The Labute approximate surface area is 453 Å². The van der Waals surface area contributed by atoms with Gasteiger partial charge in [0.05, 0.1) is 11.0 Å². The van der Waals surface area contributed by atoms with Crippen LogP contribution in [-0.4, -0.2) is 4.57 Å². The lowest BCUT2D eigenvalue weighted by Crippen LogP contribution is -2.22. The molecule has 0 N–H and O–H groups in total. The second-order valence-electron chi connectivity index (χ2n) is 24.0.